The SMILES string of the molecule is CCc1ccccc1C[C@H](NC(=O)c1cccc(CC(C)C)c1)C(=O)NC(CC(C)C)C(=O)C(C)(CO)CC1CC1. The van der Waals surface area contributed by atoms with Gasteiger partial charge in [0.25, 0.3) is 5.91 Å². The van der Waals surface area contributed by atoms with E-state index < -0.39 is 17.5 Å². The van der Waals surface area contributed by atoms with E-state index in [0.717, 1.165) is 42.4 Å². The van der Waals surface area contributed by atoms with Crippen molar-refractivity contribution in [1.82, 2.24) is 10.6 Å². The molecule has 3 N–H and O–H groups in total. The van der Waals surface area contributed by atoms with Gasteiger partial charge in [-0.15, -0.1) is 0 Å². The number of hydrogen-bond donors (Lipinski definition) is 3. The molecule has 1 saturated carbocycles. The van der Waals surface area contributed by atoms with Crippen molar-refractivity contribution < 1.29 is 19.5 Å². The highest BCUT2D eigenvalue weighted by Crippen LogP contribution is 2.41. The molecule has 6 heteroatoms. The van der Waals surface area contributed by atoms with Gasteiger partial charge in [0.1, 0.15) is 6.04 Å². The predicted molar refractivity (Wildman–Crippen MR) is 165 cm³/mol. The van der Waals surface area contributed by atoms with E-state index in [0.29, 0.717) is 36.7 Å². The van der Waals surface area contributed by atoms with Crippen molar-refractivity contribution in [2.45, 2.75) is 98.6 Å². The molecule has 3 rings (SSSR count). The van der Waals surface area contributed by atoms with Crippen molar-refractivity contribution in [3.8, 4) is 0 Å². The van der Waals surface area contributed by atoms with Crippen LogP contribution in [0.15, 0.2) is 48.5 Å². The van der Waals surface area contributed by atoms with Crippen LogP contribution < -0.4 is 10.6 Å². The molecule has 0 spiro atoms. The average Bonchev–Trinajstić information content (AvgIpc) is 3.75. The van der Waals surface area contributed by atoms with Crippen molar-refractivity contribution in [1.29, 1.82) is 0 Å². The Kier molecular flexibility index (Phi) is 11.7. The molecule has 41 heavy (non-hydrogen) atoms. The standard InChI is InChI=1S/C35H50N2O4/c1-7-27-12-8-9-13-28(27)20-31(37-33(40)29-14-10-11-26(19-29)17-23(2)3)34(41)36-30(18-24(4)5)32(39)35(6,22-38)21-25-15-16-25/h8-14,19,23-25,30-31,38H,7,15-18,20-22H2,1-6H3,(H,36,41)(H,37,40)/t30?,31-,35?/m0/s1. The van der Waals surface area contributed by atoms with Gasteiger partial charge < -0.3 is 15.7 Å². The lowest BCUT2D eigenvalue weighted by molar-refractivity contribution is -0.137. The zero-order valence-electron chi connectivity index (χ0n) is 25.8. The summed E-state index contributed by atoms with van der Waals surface area (Å²) in [6.45, 7) is 11.9. The fourth-order valence-corrected chi connectivity index (χ4v) is 5.68. The van der Waals surface area contributed by atoms with E-state index in [1.54, 1.807) is 6.07 Å². The van der Waals surface area contributed by atoms with Crippen molar-refractivity contribution >= 4 is 17.6 Å². The zero-order valence-corrected chi connectivity index (χ0v) is 25.8. The van der Waals surface area contributed by atoms with Crippen molar-refractivity contribution in [2.24, 2.45) is 23.2 Å². The molecule has 1 aliphatic carbocycles. The first-order valence-corrected chi connectivity index (χ1v) is 15.4. The number of rotatable bonds is 16. The third-order valence-corrected chi connectivity index (χ3v) is 8.10. The highest BCUT2D eigenvalue weighted by atomic mass is 16.3. The Morgan fingerprint density at radius 2 is 1.59 bits per heavy atom. The smallest absolute Gasteiger partial charge is 0.251 e. The molecule has 0 radical (unpaired) electrons. The molecule has 0 saturated heterocycles. The molecule has 2 aromatic carbocycles. The number of hydrogen-bond acceptors (Lipinski definition) is 4. The maximum absolute atomic E-state index is 13.9. The lowest BCUT2D eigenvalue weighted by Crippen LogP contribution is -2.55. The van der Waals surface area contributed by atoms with Gasteiger partial charge in [0.15, 0.2) is 5.78 Å². The summed E-state index contributed by atoms with van der Waals surface area (Å²) in [5.74, 6) is 0.242. The van der Waals surface area contributed by atoms with E-state index >= 15 is 0 Å². The Morgan fingerprint density at radius 3 is 2.17 bits per heavy atom. The third kappa shape index (κ3) is 9.53. The molecule has 6 nitrogen and oxygen atoms in total. The Balaban J connectivity index is 1.88. The van der Waals surface area contributed by atoms with Crippen molar-refractivity contribution in [3.05, 3.63) is 70.8 Å². The molecular formula is C35H50N2O4. The number of carbonyl (C=O) groups is 3. The molecule has 1 fully saturated rings. The zero-order chi connectivity index (χ0) is 30.2. The Bertz CT molecular complexity index is 1190. The summed E-state index contributed by atoms with van der Waals surface area (Å²) in [4.78, 5) is 41.2. The number of amides is 2. The molecule has 2 amide bonds. The number of nitrogens with one attached hydrogen (secondary N) is 2. The summed E-state index contributed by atoms with van der Waals surface area (Å²) in [6.07, 6.45) is 5.23. The van der Waals surface area contributed by atoms with E-state index in [-0.39, 0.29) is 30.1 Å². The van der Waals surface area contributed by atoms with Gasteiger partial charge in [-0.1, -0.05) is 90.8 Å². The van der Waals surface area contributed by atoms with Gasteiger partial charge in [0.2, 0.25) is 5.91 Å². The van der Waals surface area contributed by atoms with E-state index in [4.69, 9.17) is 0 Å². The normalized spacial score (nSPS) is 16.2. The topological polar surface area (TPSA) is 95.5 Å². The van der Waals surface area contributed by atoms with Crippen molar-refractivity contribution in [2.75, 3.05) is 6.61 Å². The molecule has 3 atom stereocenters. The second-order valence-corrected chi connectivity index (χ2v) is 13.1. The summed E-state index contributed by atoms with van der Waals surface area (Å²) >= 11 is 0. The maximum Gasteiger partial charge on any atom is 0.251 e. The first kappa shape index (κ1) is 32.5. The minimum absolute atomic E-state index is 0.130. The molecule has 2 unspecified atom stereocenters. The van der Waals surface area contributed by atoms with Crippen LogP contribution in [-0.4, -0.2) is 41.4 Å². The van der Waals surface area contributed by atoms with E-state index in [9.17, 15) is 19.5 Å². The molecule has 224 valence electrons. The minimum Gasteiger partial charge on any atom is -0.395 e. The average molecular weight is 563 g/mol. The summed E-state index contributed by atoms with van der Waals surface area (Å²) in [7, 11) is 0. The molecule has 0 bridgehead atoms. The molecular weight excluding hydrogens is 512 g/mol. The Labute approximate surface area is 246 Å². The number of ketones is 1. The number of aryl methyl sites for hydroxylation is 1. The van der Waals surface area contributed by atoms with Crippen LogP contribution in [-0.2, 0) is 28.9 Å². The summed E-state index contributed by atoms with van der Waals surface area (Å²) in [5, 5.41) is 16.3. The lowest BCUT2D eigenvalue weighted by atomic mass is 9.76. The number of aliphatic hydroxyl groups excluding tert-OH is 1. The monoisotopic (exact) mass is 562 g/mol. The van der Waals surface area contributed by atoms with Crippen LogP contribution in [0.5, 0.6) is 0 Å². The fraction of sp³-hybridized carbons (Fsp3) is 0.571. The third-order valence-electron chi connectivity index (χ3n) is 8.10. The number of aliphatic hydroxyl groups is 1. The second kappa shape index (κ2) is 14.8. The highest BCUT2D eigenvalue weighted by molar-refractivity contribution is 5.99. The van der Waals surface area contributed by atoms with Gasteiger partial charge in [-0.3, -0.25) is 14.4 Å². The first-order chi connectivity index (χ1) is 19.4. The first-order valence-electron chi connectivity index (χ1n) is 15.4. The molecule has 0 heterocycles. The predicted octanol–water partition coefficient (Wildman–Crippen LogP) is 5.69. The van der Waals surface area contributed by atoms with Gasteiger partial charge in [-0.05, 0) is 72.3 Å². The van der Waals surface area contributed by atoms with Crippen LogP contribution in [0.25, 0.3) is 0 Å². The highest BCUT2D eigenvalue weighted by Gasteiger charge is 2.42. The number of carbonyl (C=O) groups excluding carboxylic acids is 3. The quantitative estimate of drug-likeness (QED) is 0.245. The van der Waals surface area contributed by atoms with Gasteiger partial charge >= 0.3 is 0 Å². The van der Waals surface area contributed by atoms with Gasteiger partial charge in [0.05, 0.1) is 18.1 Å². The maximum atomic E-state index is 13.9. The van der Waals surface area contributed by atoms with Crippen LogP contribution >= 0.6 is 0 Å². The van der Waals surface area contributed by atoms with Gasteiger partial charge in [0, 0.05) is 12.0 Å². The van der Waals surface area contributed by atoms with Crippen molar-refractivity contribution in [3.63, 3.8) is 0 Å². The Morgan fingerprint density at radius 1 is 0.902 bits per heavy atom. The second-order valence-electron chi connectivity index (χ2n) is 13.1. The van der Waals surface area contributed by atoms with E-state index in [1.165, 1.54) is 0 Å². The van der Waals surface area contributed by atoms with E-state index in [1.807, 2.05) is 63.2 Å². The Hall–Kier alpha value is -2.99. The molecule has 2 aromatic rings. The summed E-state index contributed by atoms with van der Waals surface area (Å²) < 4.78 is 0. The lowest BCUT2D eigenvalue weighted by Gasteiger charge is -2.32. The largest absolute Gasteiger partial charge is 0.395 e. The fourth-order valence-electron chi connectivity index (χ4n) is 5.68. The number of Topliss-reactive ketones (excluding diaryl/α,β-unsaturated/α-hetero) is 1. The molecule has 1 aliphatic rings. The van der Waals surface area contributed by atoms with Crippen LogP contribution in [0.3, 0.4) is 0 Å². The van der Waals surface area contributed by atoms with Crippen LogP contribution in [0.2, 0.25) is 0 Å². The van der Waals surface area contributed by atoms with E-state index in [2.05, 4.69) is 31.4 Å². The summed E-state index contributed by atoms with van der Waals surface area (Å²) in [6, 6.07) is 13.9. The van der Waals surface area contributed by atoms with Gasteiger partial charge in [-0.25, -0.2) is 0 Å². The van der Waals surface area contributed by atoms with Gasteiger partial charge in [-0.2, -0.15) is 0 Å². The summed E-state index contributed by atoms with van der Waals surface area (Å²) in [5.41, 5.74) is 2.79. The van der Waals surface area contributed by atoms with Crippen LogP contribution in [0, 0.1) is 23.2 Å². The molecule has 0 aromatic heterocycles. The number of benzene rings is 2. The molecule has 0 aliphatic heterocycles. The minimum atomic E-state index is -0.904. The van der Waals surface area contributed by atoms with Crippen LogP contribution in [0.1, 0.15) is 94.3 Å². The van der Waals surface area contributed by atoms with Crippen LogP contribution in [0.4, 0.5) is 0 Å².